The van der Waals surface area contributed by atoms with Gasteiger partial charge in [-0.25, -0.2) is 9.37 Å². The first-order valence-corrected chi connectivity index (χ1v) is 7.37. The van der Waals surface area contributed by atoms with Gasteiger partial charge in [-0.05, 0) is 38.2 Å². The molecule has 0 N–H and O–H groups in total. The molecule has 0 aromatic carbocycles. The lowest BCUT2D eigenvalue weighted by Gasteiger charge is -2.22. The summed E-state index contributed by atoms with van der Waals surface area (Å²) in [5.41, 5.74) is 1.88. The van der Waals surface area contributed by atoms with E-state index in [1.165, 1.54) is 12.6 Å². The Morgan fingerprint density at radius 2 is 2.29 bits per heavy atom. The molecular formula is C16H19FN2O2. The van der Waals surface area contributed by atoms with E-state index in [2.05, 4.69) is 9.97 Å². The van der Waals surface area contributed by atoms with Crippen LogP contribution in [-0.4, -0.2) is 29.8 Å². The van der Waals surface area contributed by atoms with Crippen molar-refractivity contribution in [2.45, 2.75) is 38.2 Å². The van der Waals surface area contributed by atoms with Gasteiger partial charge in [0.05, 0.1) is 30.4 Å². The molecule has 1 fully saturated rings. The second-order valence-corrected chi connectivity index (χ2v) is 5.33. The molecule has 2 aromatic heterocycles. The number of hydrogen-bond acceptors (Lipinski definition) is 4. The topological polar surface area (TPSA) is 44.2 Å². The molecule has 0 saturated carbocycles. The van der Waals surface area contributed by atoms with E-state index in [0.717, 1.165) is 25.9 Å². The summed E-state index contributed by atoms with van der Waals surface area (Å²) >= 11 is 0. The summed E-state index contributed by atoms with van der Waals surface area (Å²) in [5.74, 6) is 0.170. The van der Waals surface area contributed by atoms with Crippen molar-refractivity contribution in [1.82, 2.24) is 9.97 Å². The van der Waals surface area contributed by atoms with Gasteiger partial charge in [0, 0.05) is 18.2 Å². The third kappa shape index (κ3) is 3.13. The highest BCUT2D eigenvalue weighted by Gasteiger charge is 2.17. The van der Waals surface area contributed by atoms with Crippen LogP contribution in [0.15, 0.2) is 18.3 Å². The minimum Gasteiger partial charge on any atom is -0.481 e. The first kappa shape index (κ1) is 14.2. The van der Waals surface area contributed by atoms with E-state index in [1.807, 2.05) is 0 Å². The van der Waals surface area contributed by atoms with E-state index in [4.69, 9.17) is 9.47 Å². The first-order chi connectivity index (χ1) is 10.3. The summed E-state index contributed by atoms with van der Waals surface area (Å²) in [4.78, 5) is 8.44. The number of pyridine rings is 2. The highest BCUT2D eigenvalue weighted by Crippen LogP contribution is 2.24. The minimum absolute atomic E-state index is 0.229. The van der Waals surface area contributed by atoms with Crippen LogP contribution in [0.4, 0.5) is 4.39 Å². The maximum absolute atomic E-state index is 14.1. The zero-order chi connectivity index (χ0) is 14.7. The van der Waals surface area contributed by atoms with E-state index in [0.29, 0.717) is 28.9 Å². The van der Waals surface area contributed by atoms with Crippen molar-refractivity contribution in [3.8, 4) is 5.88 Å². The molecule has 3 heterocycles. The highest BCUT2D eigenvalue weighted by atomic mass is 19.1. The monoisotopic (exact) mass is 290 g/mol. The smallest absolute Gasteiger partial charge is 0.213 e. The molecule has 1 atom stereocenters. The number of nitrogens with zero attached hydrogens (tertiary/aromatic N) is 2. The maximum atomic E-state index is 14.1. The molecule has 0 spiro atoms. The Morgan fingerprint density at radius 1 is 1.38 bits per heavy atom. The van der Waals surface area contributed by atoms with Crippen LogP contribution in [0, 0.1) is 5.82 Å². The number of aryl methyl sites for hydroxylation is 1. The lowest BCUT2D eigenvalue weighted by molar-refractivity contribution is 0.0114. The fraction of sp³-hybridized carbons (Fsp3) is 0.500. The van der Waals surface area contributed by atoms with Crippen LogP contribution in [0.2, 0.25) is 0 Å². The second kappa shape index (κ2) is 6.35. The van der Waals surface area contributed by atoms with Gasteiger partial charge in [-0.1, -0.05) is 0 Å². The Hall–Kier alpha value is -1.75. The molecule has 4 nitrogen and oxygen atoms in total. The van der Waals surface area contributed by atoms with Crippen molar-refractivity contribution in [2.75, 3.05) is 13.7 Å². The van der Waals surface area contributed by atoms with Gasteiger partial charge >= 0.3 is 0 Å². The zero-order valence-electron chi connectivity index (χ0n) is 12.1. The zero-order valence-corrected chi connectivity index (χ0v) is 12.1. The Kier molecular flexibility index (Phi) is 4.29. The Morgan fingerprint density at radius 3 is 3.05 bits per heavy atom. The summed E-state index contributed by atoms with van der Waals surface area (Å²) in [7, 11) is 1.55. The maximum Gasteiger partial charge on any atom is 0.213 e. The molecule has 0 aliphatic carbocycles. The van der Waals surface area contributed by atoms with E-state index in [9.17, 15) is 4.39 Å². The number of methoxy groups -OCH3 is 1. The predicted octanol–water partition coefficient (Wildman–Crippen LogP) is 3.28. The number of fused-ring (bicyclic) bond motifs is 1. The van der Waals surface area contributed by atoms with E-state index >= 15 is 0 Å². The lowest BCUT2D eigenvalue weighted by atomic mass is 10.0. The molecule has 2 aromatic rings. The molecule has 1 aliphatic heterocycles. The SMILES string of the molecule is COc1ccc2ncc(F)c(CCC3CCCCO3)c2n1. The molecule has 5 heteroatoms. The highest BCUT2D eigenvalue weighted by molar-refractivity contribution is 5.78. The molecule has 3 rings (SSSR count). The van der Waals surface area contributed by atoms with Crippen LogP contribution in [0.1, 0.15) is 31.2 Å². The summed E-state index contributed by atoms with van der Waals surface area (Å²) < 4.78 is 25.0. The van der Waals surface area contributed by atoms with Gasteiger partial charge in [-0.15, -0.1) is 0 Å². The number of rotatable bonds is 4. The minimum atomic E-state index is -0.306. The summed E-state index contributed by atoms with van der Waals surface area (Å²) in [6, 6.07) is 3.54. The van der Waals surface area contributed by atoms with E-state index in [1.54, 1.807) is 19.2 Å². The van der Waals surface area contributed by atoms with Gasteiger partial charge in [0.2, 0.25) is 5.88 Å². The van der Waals surface area contributed by atoms with Gasteiger partial charge in [0.25, 0.3) is 0 Å². The Bertz CT molecular complexity index is 627. The summed E-state index contributed by atoms with van der Waals surface area (Å²) in [5, 5.41) is 0. The first-order valence-electron chi connectivity index (χ1n) is 7.37. The van der Waals surface area contributed by atoms with E-state index in [-0.39, 0.29) is 11.9 Å². The third-order valence-corrected chi connectivity index (χ3v) is 3.94. The Balaban J connectivity index is 1.86. The molecule has 0 bridgehead atoms. The number of hydrogen-bond donors (Lipinski definition) is 0. The van der Waals surface area contributed by atoms with Crippen LogP contribution < -0.4 is 4.74 Å². The van der Waals surface area contributed by atoms with Crippen molar-refractivity contribution in [2.24, 2.45) is 0 Å². The van der Waals surface area contributed by atoms with Crippen LogP contribution >= 0.6 is 0 Å². The van der Waals surface area contributed by atoms with Crippen LogP contribution in [0.5, 0.6) is 5.88 Å². The fourth-order valence-electron chi connectivity index (χ4n) is 2.77. The van der Waals surface area contributed by atoms with Gasteiger partial charge in [0.15, 0.2) is 0 Å². The number of halogens is 1. The van der Waals surface area contributed by atoms with Gasteiger partial charge in [0.1, 0.15) is 5.82 Å². The van der Waals surface area contributed by atoms with Crippen molar-refractivity contribution >= 4 is 11.0 Å². The number of ether oxygens (including phenoxy) is 2. The van der Waals surface area contributed by atoms with Gasteiger partial charge in [-0.3, -0.25) is 4.98 Å². The second-order valence-electron chi connectivity index (χ2n) is 5.33. The predicted molar refractivity (Wildman–Crippen MR) is 78.0 cm³/mol. The molecule has 0 amide bonds. The summed E-state index contributed by atoms with van der Waals surface area (Å²) in [6.45, 7) is 0.816. The average Bonchev–Trinajstić information content (AvgIpc) is 2.54. The van der Waals surface area contributed by atoms with E-state index < -0.39 is 0 Å². The molecule has 1 unspecified atom stereocenters. The van der Waals surface area contributed by atoms with Crippen molar-refractivity contribution in [3.63, 3.8) is 0 Å². The number of aromatic nitrogens is 2. The fourth-order valence-corrected chi connectivity index (χ4v) is 2.77. The van der Waals surface area contributed by atoms with Gasteiger partial charge < -0.3 is 9.47 Å². The van der Waals surface area contributed by atoms with Crippen LogP contribution in [-0.2, 0) is 11.2 Å². The third-order valence-electron chi connectivity index (χ3n) is 3.94. The van der Waals surface area contributed by atoms with Crippen LogP contribution in [0.25, 0.3) is 11.0 Å². The van der Waals surface area contributed by atoms with Gasteiger partial charge in [-0.2, -0.15) is 0 Å². The molecule has 21 heavy (non-hydrogen) atoms. The molecule has 0 radical (unpaired) electrons. The largest absolute Gasteiger partial charge is 0.481 e. The Labute approximate surface area is 123 Å². The molecule has 112 valence electrons. The van der Waals surface area contributed by atoms with Crippen LogP contribution in [0.3, 0.4) is 0 Å². The standard InChI is InChI=1S/C16H19FN2O2/c1-20-15-8-7-14-16(19-15)12(13(17)10-18-14)6-5-11-4-2-3-9-21-11/h7-8,10-11H,2-6,9H2,1H3. The average molecular weight is 290 g/mol. The van der Waals surface area contributed by atoms with Crippen molar-refractivity contribution in [3.05, 3.63) is 29.7 Å². The van der Waals surface area contributed by atoms with Crippen molar-refractivity contribution in [1.29, 1.82) is 0 Å². The molecule has 1 saturated heterocycles. The summed E-state index contributed by atoms with van der Waals surface area (Å²) in [6.07, 6.45) is 6.30. The normalized spacial score (nSPS) is 18.9. The van der Waals surface area contributed by atoms with Crippen molar-refractivity contribution < 1.29 is 13.9 Å². The lowest BCUT2D eigenvalue weighted by Crippen LogP contribution is -2.19. The molecule has 1 aliphatic rings. The molecular weight excluding hydrogens is 271 g/mol. The quantitative estimate of drug-likeness (QED) is 0.867.